The van der Waals surface area contributed by atoms with Crippen LogP contribution in [0.5, 0.6) is 0 Å². The van der Waals surface area contributed by atoms with Crippen molar-refractivity contribution in [1.82, 2.24) is 5.32 Å². The first-order valence-corrected chi connectivity index (χ1v) is 9.48. The van der Waals surface area contributed by atoms with Crippen LogP contribution in [-0.4, -0.2) is 18.0 Å². The minimum absolute atomic E-state index is 0.212. The molecule has 0 aromatic carbocycles. The van der Waals surface area contributed by atoms with E-state index >= 15 is 0 Å². The number of hydrogen-bond acceptors (Lipinski definition) is 3. The second kappa shape index (κ2) is 7.34. The van der Waals surface area contributed by atoms with Gasteiger partial charge in [-0.1, -0.05) is 25.7 Å². The molecule has 2 aliphatic carbocycles. The molecule has 1 fully saturated rings. The molecule has 126 valence electrons. The van der Waals surface area contributed by atoms with Gasteiger partial charge in [0.2, 0.25) is 0 Å². The Morgan fingerprint density at radius 2 is 1.70 bits per heavy atom. The molecule has 1 aromatic heterocycles. The average Bonchev–Trinajstić information content (AvgIpc) is 2.70. The van der Waals surface area contributed by atoms with Gasteiger partial charge >= 0.3 is 6.03 Å². The maximum absolute atomic E-state index is 12.3. The van der Waals surface area contributed by atoms with E-state index in [1.165, 1.54) is 41.9 Å². The fourth-order valence-corrected chi connectivity index (χ4v) is 4.95. The summed E-state index contributed by atoms with van der Waals surface area (Å²) in [7, 11) is 0. The van der Waals surface area contributed by atoms with Crippen LogP contribution < -0.4 is 16.4 Å². The zero-order valence-corrected chi connectivity index (χ0v) is 14.3. The van der Waals surface area contributed by atoms with Crippen LogP contribution in [0.25, 0.3) is 0 Å². The second-order valence-corrected chi connectivity index (χ2v) is 7.67. The van der Waals surface area contributed by atoms with Gasteiger partial charge in [0.25, 0.3) is 5.91 Å². The van der Waals surface area contributed by atoms with E-state index in [0.717, 1.165) is 44.1 Å². The molecule has 6 heteroatoms. The molecule has 1 saturated carbocycles. The molecule has 0 spiro atoms. The Morgan fingerprint density at radius 1 is 1.00 bits per heavy atom. The molecule has 0 saturated heterocycles. The third-order valence-electron chi connectivity index (χ3n) is 4.84. The van der Waals surface area contributed by atoms with Crippen LogP contribution in [0, 0.1) is 0 Å². The Labute approximate surface area is 141 Å². The molecule has 2 aliphatic rings. The molecular weight excluding hydrogens is 310 g/mol. The van der Waals surface area contributed by atoms with Gasteiger partial charge in [0, 0.05) is 10.9 Å². The first kappa shape index (κ1) is 16.3. The van der Waals surface area contributed by atoms with Gasteiger partial charge in [-0.2, -0.15) is 0 Å². The SMILES string of the molecule is NC(=O)c1c(NC(=O)NC2CCCCC2)sc2c1CCCCC2. The van der Waals surface area contributed by atoms with Gasteiger partial charge in [0.15, 0.2) is 0 Å². The van der Waals surface area contributed by atoms with Crippen molar-refractivity contribution in [2.24, 2.45) is 5.73 Å². The monoisotopic (exact) mass is 335 g/mol. The normalized spacial score (nSPS) is 18.8. The highest BCUT2D eigenvalue weighted by molar-refractivity contribution is 7.17. The van der Waals surface area contributed by atoms with Crippen LogP contribution in [0.1, 0.15) is 72.2 Å². The molecule has 0 bridgehead atoms. The second-order valence-electron chi connectivity index (χ2n) is 6.57. The third-order valence-corrected chi connectivity index (χ3v) is 6.04. The summed E-state index contributed by atoms with van der Waals surface area (Å²) in [6.07, 6.45) is 10.9. The Kier molecular flexibility index (Phi) is 5.20. The van der Waals surface area contributed by atoms with E-state index in [4.69, 9.17) is 5.73 Å². The summed E-state index contributed by atoms with van der Waals surface area (Å²) in [6, 6.07) is 0.0365. The molecule has 4 N–H and O–H groups in total. The van der Waals surface area contributed by atoms with E-state index in [1.54, 1.807) is 0 Å². The lowest BCUT2D eigenvalue weighted by Gasteiger charge is -2.22. The van der Waals surface area contributed by atoms with Gasteiger partial charge < -0.3 is 11.1 Å². The number of thiophene rings is 1. The first-order valence-electron chi connectivity index (χ1n) is 8.67. The van der Waals surface area contributed by atoms with Crippen LogP contribution in [-0.2, 0) is 12.8 Å². The van der Waals surface area contributed by atoms with Crippen LogP contribution in [0.4, 0.5) is 9.80 Å². The van der Waals surface area contributed by atoms with E-state index in [9.17, 15) is 9.59 Å². The summed E-state index contributed by atoms with van der Waals surface area (Å²) in [4.78, 5) is 25.4. The van der Waals surface area contributed by atoms with E-state index < -0.39 is 5.91 Å². The molecule has 1 aromatic rings. The number of carbonyl (C=O) groups excluding carboxylic acids is 2. The summed E-state index contributed by atoms with van der Waals surface area (Å²) in [6.45, 7) is 0. The molecule has 0 radical (unpaired) electrons. The highest BCUT2D eigenvalue weighted by Crippen LogP contribution is 2.37. The smallest absolute Gasteiger partial charge is 0.320 e. The van der Waals surface area contributed by atoms with Crippen molar-refractivity contribution >= 4 is 28.3 Å². The average molecular weight is 335 g/mol. The van der Waals surface area contributed by atoms with Gasteiger partial charge in [-0.15, -0.1) is 11.3 Å². The van der Waals surface area contributed by atoms with Crippen molar-refractivity contribution in [3.63, 3.8) is 0 Å². The van der Waals surface area contributed by atoms with Crippen molar-refractivity contribution in [3.8, 4) is 0 Å². The van der Waals surface area contributed by atoms with E-state index in [0.29, 0.717) is 10.6 Å². The van der Waals surface area contributed by atoms with Crippen LogP contribution in [0.3, 0.4) is 0 Å². The number of hydrogen-bond donors (Lipinski definition) is 3. The molecule has 0 unspecified atom stereocenters. The highest BCUT2D eigenvalue weighted by Gasteiger charge is 2.25. The highest BCUT2D eigenvalue weighted by atomic mass is 32.1. The Hall–Kier alpha value is -1.56. The summed E-state index contributed by atoms with van der Waals surface area (Å²) < 4.78 is 0. The topological polar surface area (TPSA) is 84.2 Å². The number of nitrogens with one attached hydrogen (secondary N) is 2. The van der Waals surface area contributed by atoms with Gasteiger partial charge in [0.05, 0.1) is 5.56 Å². The van der Waals surface area contributed by atoms with Crippen LogP contribution in [0.15, 0.2) is 0 Å². The molecular formula is C17H25N3O2S. The Balaban J connectivity index is 1.73. The number of amides is 3. The minimum Gasteiger partial charge on any atom is -0.365 e. The Bertz CT molecular complexity index is 591. The van der Waals surface area contributed by atoms with Crippen molar-refractivity contribution in [2.75, 3.05) is 5.32 Å². The molecule has 23 heavy (non-hydrogen) atoms. The standard InChI is InChI=1S/C17H25N3O2S/c18-15(21)14-12-9-5-2-6-10-13(12)23-16(14)20-17(22)19-11-7-3-1-4-8-11/h11H,1-10H2,(H2,18,21)(H2,19,20,22). The number of fused-ring (bicyclic) bond motifs is 1. The predicted molar refractivity (Wildman–Crippen MR) is 93.1 cm³/mol. The maximum atomic E-state index is 12.3. The van der Waals surface area contributed by atoms with Gasteiger partial charge in [-0.05, 0) is 44.1 Å². The summed E-state index contributed by atoms with van der Waals surface area (Å²) in [5, 5.41) is 6.54. The quantitative estimate of drug-likeness (QED) is 0.738. The summed E-state index contributed by atoms with van der Waals surface area (Å²) in [5.74, 6) is -0.433. The van der Waals surface area contributed by atoms with Crippen molar-refractivity contribution in [1.29, 1.82) is 0 Å². The largest absolute Gasteiger partial charge is 0.365 e. The minimum atomic E-state index is -0.433. The number of nitrogens with two attached hydrogens (primary N) is 1. The number of aryl methyl sites for hydroxylation is 1. The molecule has 0 atom stereocenters. The van der Waals surface area contributed by atoms with Crippen LogP contribution in [0.2, 0.25) is 0 Å². The van der Waals surface area contributed by atoms with Gasteiger partial charge in [-0.3, -0.25) is 10.1 Å². The van der Waals surface area contributed by atoms with Gasteiger partial charge in [0.1, 0.15) is 5.00 Å². The lowest BCUT2D eigenvalue weighted by Crippen LogP contribution is -2.39. The zero-order chi connectivity index (χ0) is 16.2. The summed E-state index contributed by atoms with van der Waals surface area (Å²) in [5.41, 5.74) is 7.19. The molecule has 3 rings (SSSR count). The summed E-state index contributed by atoms with van der Waals surface area (Å²) >= 11 is 1.52. The van der Waals surface area contributed by atoms with Gasteiger partial charge in [-0.25, -0.2) is 4.79 Å². The Morgan fingerprint density at radius 3 is 2.43 bits per heavy atom. The zero-order valence-electron chi connectivity index (χ0n) is 13.5. The van der Waals surface area contributed by atoms with Crippen molar-refractivity contribution < 1.29 is 9.59 Å². The molecule has 1 heterocycles. The fraction of sp³-hybridized carbons (Fsp3) is 0.647. The number of carbonyl (C=O) groups is 2. The number of anilines is 1. The van der Waals surface area contributed by atoms with Crippen molar-refractivity contribution in [3.05, 3.63) is 16.0 Å². The van der Waals surface area contributed by atoms with E-state index in [-0.39, 0.29) is 12.1 Å². The fourth-order valence-electron chi connectivity index (χ4n) is 3.66. The lowest BCUT2D eigenvalue weighted by molar-refractivity contribution is 0.100. The van der Waals surface area contributed by atoms with Crippen LogP contribution >= 0.6 is 11.3 Å². The van der Waals surface area contributed by atoms with E-state index in [1.807, 2.05) is 0 Å². The first-order chi connectivity index (χ1) is 11.1. The number of urea groups is 1. The lowest BCUT2D eigenvalue weighted by atomic mass is 9.96. The number of primary amides is 1. The molecule has 3 amide bonds. The molecule has 0 aliphatic heterocycles. The predicted octanol–water partition coefficient (Wildman–Crippen LogP) is 3.57. The third kappa shape index (κ3) is 3.86. The van der Waals surface area contributed by atoms with Crippen molar-refractivity contribution in [2.45, 2.75) is 70.3 Å². The molecule has 5 nitrogen and oxygen atoms in total. The van der Waals surface area contributed by atoms with E-state index in [2.05, 4.69) is 10.6 Å². The number of rotatable bonds is 3. The maximum Gasteiger partial charge on any atom is 0.320 e.